The zero-order chi connectivity index (χ0) is 19.7. The summed E-state index contributed by atoms with van der Waals surface area (Å²) in [4.78, 5) is 0. The topological polar surface area (TPSA) is 12.0 Å². The SMILES string of the molecule is CC(C)(C)c1ccc([C@H]2CC[C@@H](N[C@H]3CC[C@H](C(C)(C)C)CC3)CC2)cc1. The van der Waals surface area contributed by atoms with Gasteiger partial charge >= 0.3 is 0 Å². The van der Waals surface area contributed by atoms with E-state index in [2.05, 4.69) is 71.1 Å². The van der Waals surface area contributed by atoms with Crippen molar-refractivity contribution in [3.05, 3.63) is 35.4 Å². The number of nitrogens with one attached hydrogen (secondary N) is 1. The van der Waals surface area contributed by atoms with Crippen LogP contribution in [0.15, 0.2) is 24.3 Å². The third kappa shape index (κ3) is 5.59. The molecule has 27 heavy (non-hydrogen) atoms. The van der Waals surface area contributed by atoms with Gasteiger partial charge in [-0.3, -0.25) is 0 Å². The van der Waals surface area contributed by atoms with Gasteiger partial charge in [0, 0.05) is 12.1 Å². The minimum atomic E-state index is 0.256. The van der Waals surface area contributed by atoms with Crippen molar-refractivity contribution in [1.82, 2.24) is 5.32 Å². The summed E-state index contributed by atoms with van der Waals surface area (Å²) in [5.41, 5.74) is 3.76. The molecule has 0 amide bonds. The van der Waals surface area contributed by atoms with Crippen molar-refractivity contribution in [2.45, 2.75) is 116 Å². The van der Waals surface area contributed by atoms with Gasteiger partial charge in [0.2, 0.25) is 0 Å². The molecule has 2 saturated carbocycles. The molecule has 3 rings (SSSR count). The Labute approximate surface area is 168 Å². The average molecular weight is 370 g/mol. The standard InChI is InChI=1S/C26H43N/c1-25(2,3)21-11-7-19(8-12-21)20-9-15-23(16-10-20)27-24-17-13-22(14-18-24)26(4,5)6/h7-8,11-12,20,22-24,27H,9-10,13-18H2,1-6H3/t20-,22-,23+,24-. The first-order valence-electron chi connectivity index (χ1n) is 11.5. The van der Waals surface area contributed by atoms with Crippen molar-refractivity contribution in [3.8, 4) is 0 Å². The molecule has 0 unspecified atom stereocenters. The average Bonchev–Trinajstić information content (AvgIpc) is 2.61. The van der Waals surface area contributed by atoms with Crippen LogP contribution in [0.25, 0.3) is 0 Å². The molecule has 2 aliphatic carbocycles. The second-order valence-electron chi connectivity index (χ2n) is 11.5. The molecular formula is C26H43N. The predicted molar refractivity (Wildman–Crippen MR) is 118 cm³/mol. The molecular weight excluding hydrogens is 326 g/mol. The van der Waals surface area contributed by atoms with Crippen LogP contribution in [-0.4, -0.2) is 12.1 Å². The fourth-order valence-electron chi connectivity index (χ4n) is 5.31. The molecule has 1 N–H and O–H groups in total. The van der Waals surface area contributed by atoms with Crippen molar-refractivity contribution < 1.29 is 0 Å². The van der Waals surface area contributed by atoms with E-state index in [0.29, 0.717) is 5.41 Å². The fourth-order valence-corrected chi connectivity index (χ4v) is 5.31. The molecule has 1 heteroatoms. The molecule has 1 nitrogen and oxygen atoms in total. The second kappa shape index (κ2) is 8.27. The predicted octanol–water partition coefficient (Wildman–Crippen LogP) is 7.20. The summed E-state index contributed by atoms with van der Waals surface area (Å²) in [6, 6.07) is 11.0. The van der Waals surface area contributed by atoms with Gasteiger partial charge in [-0.1, -0.05) is 65.8 Å². The monoisotopic (exact) mass is 369 g/mol. The number of hydrogen-bond acceptors (Lipinski definition) is 1. The molecule has 0 aliphatic heterocycles. The van der Waals surface area contributed by atoms with Crippen LogP contribution in [0.3, 0.4) is 0 Å². The van der Waals surface area contributed by atoms with Crippen molar-refractivity contribution >= 4 is 0 Å². The van der Waals surface area contributed by atoms with Crippen molar-refractivity contribution in [2.24, 2.45) is 11.3 Å². The highest BCUT2D eigenvalue weighted by atomic mass is 15.0. The Bertz CT molecular complexity index is 570. The molecule has 1 aromatic rings. The summed E-state index contributed by atoms with van der Waals surface area (Å²) in [5.74, 6) is 1.69. The third-order valence-electron chi connectivity index (χ3n) is 7.40. The number of rotatable bonds is 3. The van der Waals surface area contributed by atoms with E-state index in [1.54, 1.807) is 5.56 Å². The van der Waals surface area contributed by atoms with Crippen molar-refractivity contribution in [3.63, 3.8) is 0 Å². The Hall–Kier alpha value is -0.820. The molecule has 0 bridgehead atoms. The van der Waals surface area contributed by atoms with E-state index < -0.39 is 0 Å². The van der Waals surface area contributed by atoms with Gasteiger partial charge in [-0.25, -0.2) is 0 Å². The molecule has 0 radical (unpaired) electrons. The molecule has 2 fully saturated rings. The Kier molecular flexibility index (Phi) is 6.41. The summed E-state index contributed by atoms with van der Waals surface area (Å²) in [5, 5.41) is 4.03. The molecule has 0 heterocycles. The normalized spacial score (nSPS) is 30.3. The number of hydrogen-bond donors (Lipinski definition) is 1. The van der Waals surface area contributed by atoms with E-state index >= 15 is 0 Å². The van der Waals surface area contributed by atoms with Gasteiger partial charge in [-0.05, 0) is 85.2 Å². The maximum atomic E-state index is 4.03. The van der Waals surface area contributed by atoms with Crippen LogP contribution >= 0.6 is 0 Å². The highest BCUT2D eigenvalue weighted by molar-refractivity contribution is 5.29. The molecule has 1 aromatic carbocycles. The van der Waals surface area contributed by atoms with Crippen LogP contribution in [0, 0.1) is 11.3 Å². The lowest BCUT2D eigenvalue weighted by Crippen LogP contribution is -2.43. The second-order valence-corrected chi connectivity index (χ2v) is 11.5. The Morgan fingerprint density at radius 3 is 1.59 bits per heavy atom. The highest BCUT2D eigenvalue weighted by Crippen LogP contribution is 2.39. The lowest BCUT2D eigenvalue weighted by Gasteiger charge is -2.39. The van der Waals surface area contributed by atoms with E-state index in [0.717, 1.165) is 23.9 Å². The summed E-state index contributed by atoms with van der Waals surface area (Å²) in [7, 11) is 0. The van der Waals surface area contributed by atoms with Crippen LogP contribution < -0.4 is 5.32 Å². The third-order valence-corrected chi connectivity index (χ3v) is 7.40. The zero-order valence-electron chi connectivity index (χ0n) is 18.8. The van der Waals surface area contributed by atoms with E-state index in [1.807, 2.05) is 0 Å². The first-order valence-corrected chi connectivity index (χ1v) is 11.5. The fraction of sp³-hybridized carbons (Fsp3) is 0.769. The van der Waals surface area contributed by atoms with Crippen LogP contribution in [0.4, 0.5) is 0 Å². The van der Waals surface area contributed by atoms with E-state index in [1.165, 1.54) is 56.9 Å². The Morgan fingerprint density at radius 1 is 0.667 bits per heavy atom. The van der Waals surface area contributed by atoms with E-state index in [4.69, 9.17) is 0 Å². The molecule has 0 atom stereocenters. The van der Waals surface area contributed by atoms with Crippen LogP contribution in [0.5, 0.6) is 0 Å². The highest BCUT2D eigenvalue weighted by Gasteiger charge is 2.31. The first-order chi connectivity index (χ1) is 12.6. The van der Waals surface area contributed by atoms with Crippen molar-refractivity contribution in [1.29, 1.82) is 0 Å². The minimum absolute atomic E-state index is 0.256. The molecule has 0 aromatic heterocycles. The molecule has 152 valence electrons. The lowest BCUT2D eigenvalue weighted by atomic mass is 9.71. The quantitative estimate of drug-likeness (QED) is 0.593. The largest absolute Gasteiger partial charge is 0.311 e. The van der Waals surface area contributed by atoms with Gasteiger partial charge in [0.15, 0.2) is 0 Å². The van der Waals surface area contributed by atoms with E-state index in [9.17, 15) is 0 Å². The van der Waals surface area contributed by atoms with Gasteiger partial charge in [0.25, 0.3) is 0 Å². The van der Waals surface area contributed by atoms with Crippen LogP contribution in [-0.2, 0) is 5.41 Å². The van der Waals surface area contributed by atoms with E-state index in [-0.39, 0.29) is 5.41 Å². The smallest absolute Gasteiger partial charge is 0.00700 e. The van der Waals surface area contributed by atoms with Crippen LogP contribution in [0.1, 0.15) is 110 Å². The van der Waals surface area contributed by atoms with Gasteiger partial charge < -0.3 is 5.32 Å². The summed E-state index contributed by atoms with van der Waals surface area (Å²) in [6.45, 7) is 14.2. The molecule has 0 saturated heterocycles. The molecule has 2 aliphatic rings. The van der Waals surface area contributed by atoms with Crippen molar-refractivity contribution in [2.75, 3.05) is 0 Å². The molecule has 0 spiro atoms. The van der Waals surface area contributed by atoms with Gasteiger partial charge in [0.05, 0.1) is 0 Å². The lowest BCUT2D eigenvalue weighted by molar-refractivity contribution is 0.151. The van der Waals surface area contributed by atoms with Gasteiger partial charge in [-0.2, -0.15) is 0 Å². The van der Waals surface area contributed by atoms with Gasteiger partial charge in [-0.15, -0.1) is 0 Å². The summed E-state index contributed by atoms with van der Waals surface area (Å²) >= 11 is 0. The minimum Gasteiger partial charge on any atom is -0.311 e. The Morgan fingerprint density at radius 2 is 1.15 bits per heavy atom. The summed E-state index contributed by atoms with van der Waals surface area (Å²) in [6.07, 6.45) is 11.0. The zero-order valence-corrected chi connectivity index (χ0v) is 18.8. The number of benzene rings is 1. The maximum Gasteiger partial charge on any atom is 0.00700 e. The van der Waals surface area contributed by atoms with Crippen LogP contribution in [0.2, 0.25) is 0 Å². The first kappa shape index (κ1) is 20.9. The van der Waals surface area contributed by atoms with Gasteiger partial charge in [0.1, 0.15) is 0 Å². The maximum absolute atomic E-state index is 4.03. The Balaban J connectivity index is 1.44. The summed E-state index contributed by atoms with van der Waals surface area (Å²) < 4.78 is 0.